The largest absolute Gasteiger partial charge is 0.494 e. The lowest BCUT2D eigenvalue weighted by atomic mass is 9.85. The van der Waals surface area contributed by atoms with Gasteiger partial charge >= 0.3 is 0 Å². The minimum atomic E-state index is 0.453. The summed E-state index contributed by atoms with van der Waals surface area (Å²) >= 11 is 0. The molecule has 2 fully saturated rings. The normalized spacial score (nSPS) is 22.4. The summed E-state index contributed by atoms with van der Waals surface area (Å²) in [5, 5.41) is 3.47. The maximum atomic E-state index is 5.93. The molecule has 0 radical (unpaired) electrons. The Labute approximate surface area is 133 Å². The van der Waals surface area contributed by atoms with E-state index in [0.717, 1.165) is 64.6 Å². The molecular weight excluding hydrogens is 276 g/mol. The van der Waals surface area contributed by atoms with Crippen molar-refractivity contribution in [1.29, 1.82) is 0 Å². The highest BCUT2D eigenvalue weighted by molar-refractivity contribution is 5.36. The van der Waals surface area contributed by atoms with Gasteiger partial charge in [-0.3, -0.25) is 4.90 Å². The summed E-state index contributed by atoms with van der Waals surface area (Å²) < 4.78 is 11.5. The topological polar surface area (TPSA) is 33.7 Å². The molecule has 122 valence electrons. The van der Waals surface area contributed by atoms with Crippen molar-refractivity contribution in [3.8, 4) is 5.75 Å². The van der Waals surface area contributed by atoms with Crippen molar-refractivity contribution in [3.63, 3.8) is 0 Å². The molecule has 2 saturated heterocycles. The number of para-hydroxylation sites is 1. The van der Waals surface area contributed by atoms with Crippen LogP contribution in [0.3, 0.4) is 0 Å². The van der Waals surface area contributed by atoms with Crippen LogP contribution in [-0.2, 0) is 4.74 Å². The maximum Gasteiger partial charge on any atom is 0.124 e. The predicted molar refractivity (Wildman–Crippen MR) is 88.3 cm³/mol. The van der Waals surface area contributed by atoms with Crippen LogP contribution in [0.5, 0.6) is 5.75 Å². The summed E-state index contributed by atoms with van der Waals surface area (Å²) in [5.74, 6) is 1.72. The van der Waals surface area contributed by atoms with Gasteiger partial charge in [-0.05, 0) is 31.7 Å². The second kappa shape index (κ2) is 7.95. The van der Waals surface area contributed by atoms with Gasteiger partial charge in [0.05, 0.1) is 6.61 Å². The van der Waals surface area contributed by atoms with Gasteiger partial charge in [0.15, 0.2) is 0 Å². The minimum absolute atomic E-state index is 0.453. The molecule has 1 aromatic rings. The van der Waals surface area contributed by atoms with E-state index in [2.05, 4.69) is 41.4 Å². The predicted octanol–water partition coefficient (Wildman–Crippen LogP) is 2.46. The number of hydrogen-bond acceptors (Lipinski definition) is 4. The molecular formula is C18H28N2O2. The van der Waals surface area contributed by atoms with E-state index >= 15 is 0 Å². The van der Waals surface area contributed by atoms with Gasteiger partial charge in [0.1, 0.15) is 5.75 Å². The molecule has 2 aliphatic rings. The Hall–Kier alpha value is -1.10. The highest BCUT2D eigenvalue weighted by Crippen LogP contribution is 2.39. The molecule has 1 aromatic carbocycles. The van der Waals surface area contributed by atoms with Crippen LogP contribution >= 0.6 is 0 Å². The van der Waals surface area contributed by atoms with E-state index < -0.39 is 0 Å². The standard InChI is InChI=1S/C18H28N2O2/c1-2-22-17-6-4-3-5-16(17)18(15-7-13-21-14-8-15)20-11-9-19-10-12-20/h3-6,15,18-19H,2,7-14H2,1H3/t18-/m0/s1. The van der Waals surface area contributed by atoms with E-state index in [1.165, 1.54) is 5.56 Å². The fourth-order valence-corrected chi connectivity index (χ4v) is 3.75. The van der Waals surface area contributed by atoms with Crippen LogP contribution in [0.1, 0.15) is 31.4 Å². The average molecular weight is 304 g/mol. The number of ether oxygens (including phenoxy) is 2. The summed E-state index contributed by atoms with van der Waals surface area (Å²) in [5.41, 5.74) is 1.36. The Balaban J connectivity index is 1.89. The van der Waals surface area contributed by atoms with Gasteiger partial charge in [0, 0.05) is 51.0 Å². The SMILES string of the molecule is CCOc1ccccc1[C@H](C1CCOCC1)N1CCNCC1. The van der Waals surface area contributed by atoms with Crippen molar-refractivity contribution in [3.05, 3.63) is 29.8 Å². The van der Waals surface area contributed by atoms with Gasteiger partial charge in [-0.25, -0.2) is 0 Å². The average Bonchev–Trinajstić information content (AvgIpc) is 2.59. The highest BCUT2D eigenvalue weighted by Gasteiger charge is 2.32. The molecule has 0 spiro atoms. The lowest BCUT2D eigenvalue weighted by Gasteiger charge is -2.41. The molecule has 1 atom stereocenters. The highest BCUT2D eigenvalue weighted by atomic mass is 16.5. The van der Waals surface area contributed by atoms with Crippen LogP contribution in [0.25, 0.3) is 0 Å². The first-order valence-electron chi connectivity index (χ1n) is 8.64. The molecule has 0 bridgehead atoms. The Kier molecular flexibility index (Phi) is 5.70. The molecule has 4 heteroatoms. The van der Waals surface area contributed by atoms with Crippen molar-refractivity contribution in [2.24, 2.45) is 5.92 Å². The second-order valence-electron chi connectivity index (χ2n) is 6.15. The van der Waals surface area contributed by atoms with E-state index in [-0.39, 0.29) is 0 Å². The van der Waals surface area contributed by atoms with E-state index in [1.807, 2.05) is 0 Å². The van der Waals surface area contributed by atoms with Gasteiger partial charge in [0.25, 0.3) is 0 Å². The molecule has 2 heterocycles. The molecule has 3 rings (SSSR count). The molecule has 0 aromatic heterocycles. The summed E-state index contributed by atoms with van der Waals surface area (Å²) in [4.78, 5) is 2.64. The van der Waals surface area contributed by atoms with Crippen molar-refractivity contribution in [2.45, 2.75) is 25.8 Å². The van der Waals surface area contributed by atoms with Crippen molar-refractivity contribution >= 4 is 0 Å². The molecule has 22 heavy (non-hydrogen) atoms. The van der Waals surface area contributed by atoms with Crippen LogP contribution in [0.2, 0.25) is 0 Å². The van der Waals surface area contributed by atoms with E-state index in [9.17, 15) is 0 Å². The molecule has 4 nitrogen and oxygen atoms in total. The molecule has 2 aliphatic heterocycles. The first kappa shape index (κ1) is 15.8. The summed E-state index contributed by atoms with van der Waals surface area (Å²) in [6.07, 6.45) is 2.30. The fourth-order valence-electron chi connectivity index (χ4n) is 3.75. The molecule has 1 N–H and O–H groups in total. The van der Waals surface area contributed by atoms with Crippen LogP contribution in [-0.4, -0.2) is 50.9 Å². The summed E-state index contributed by atoms with van der Waals surface area (Å²) in [6, 6.07) is 9.05. The Bertz CT molecular complexity index is 436. The number of rotatable bonds is 5. The Morgan fingerprint density at radius 1 is 1.23 bits per heavy atom. The molecule has 0 unspecified atom stereocenters. The van der Waals surface area contributed by atoms with Crippen molar-refractivity contribution in [1.82, 2.24) is 10.2 Å². The Morgan fingerprint density at radius 3 is 2.68 bits per heavy atom. The van der Waals surface area contributed by atoms with E-state index in [0.29, 0.717) is 12.0 Å². The van der Waals surface area contributed by atoms with Crippen LogP contribution in [0, 0.1) is 5.92 Å². The maximum absolute atomic E-state index is 5.93. The van der Waals surface area contributed by atoms with Gasteiger partial charge in [0.2, 0.25) is 0 Å². The summed E-state index contributed by atoms with van der Waals surface area (Å²) in [6.45, 7) is 8.95. The zero-order valence-electron chi connectivity index (χ0n) is 13.6. The fraction of sp³-hybridized carbons (Fsp3) is 0.667. The quantitative estimate of drug-likeness (QED) is 0.906. The van der Waals surface area contributed by atoms with Gasteiger partial charge in [-0.2, -0.15) is 0 Å². The van der Waals surface area contributed by atoms with E-state index in [4.69, 9.17) is 9.47 Å². The number of piperazine rings is 1. The van der Waals surface area contributed by atoms with Crippen LogP contribution in [0.15, 0.2) is 24.3 Å². The lowest BCUT2D eigenvalue weighted by Crippen LogP contribution is -2.47. The zero-order valence-corrected chi connectivity index (χ0v) is 13.6. The third-order valence-corrected chi connectivity index (χ3v) is 4.79. The smallest absolute Gasteiger partial charge is 0.124 e. The third kappa shape index (κ3) is 3.62. The van der Waals surface area contributed by atoms with Gasteiger partial charge < -0.3 is 14.8 Å². The van der Waals surface area contributed by atoms with Crippen LogP contribution in [0.4, 0.5) is 0 Å². The lowest BCUT2D eigenvalue weighted by molar-refractivity contribution is 0.0205. The third-order valence-electron chi connectivity index (χ3n) is 4.79. The Morgan fingerprint density at radius 2 is 1.95 bits per heavy atom. The number of hydrogen-bond donors (Lipinski definition) is 1. The number of nitrogens with one attached hydrogen (secondary N) is 1. The first-order valence-corrected chi connectivity index (χ1v) is 8.64. The monoisotopic (exact) mass is 304 g/mol. The van der Waals surface area contributed by atoms with Gasteiger partial charge in [-0.15, -0.1) is 0 Å². The summed E-state index contributed by atoms with van der Waals surface area (Å²) in [7, 11) is 0. The second-order valence-corrected chi connectivity index (χ2v) is 6.15. The van der Waals surface area contributed by atoms with Crippen molar-refractivity contribution in [2.75, 3.05) is 46.0 Å². The molecule has 0 saturated carbocycles. The molecule has 0 aliphatic carbocycles. The minimum Gasteiger partial charge on any atom is -0.494 e. The first-order chi connectivity index (χ1) is 10.9. The molecule has 0 amide bonds. The number of nitrogens with zero attached hydrogens (tertiary/aromatic N) is 1. The van der Waals surface area contributed by atoms with E-state index in [1.54, 1.807) is 0 Å². The van der Waals surface area contributed by atoms with Crippen molar-refractivity contribution < 1.29 is 9.47 Å². The zero-order chi connectivity index (χ0) is 15.2. The number of benzene rings is 1. The van der Waals surface area contributed by atoms with Gasteiger partial charge in [-0.1, -0.05) is 18.2 Å². The van der Waals surface area contributed by atoms with Crippen LogP contribution < -0.4 is 10.1 Å².